The highest BCUT2D eigenvalue weighted by Gasteiger charge is 2.10. The molecule has 0 unspecified atom stereocenters. The molecule has 0 aliphatic heterocycles. The fraction of sp³-hybridized carbons (Fsp3) is 0.150. The third-order valence-electron chi connectivity index (χ3n) is 4.26. The number of aromatic nitrogens is 4. The number of alkyl halides is 2. The predicted molar refractivity (Wildman–Crippen MR) is 99.4 cm³/mol. The summed E-state index contributed by atoms with van der Waals surface area (Å²) in [6.07, 6.45) is 4.69. The Morgan fingerprint density at radius 2 is 1.86 bits per heavy atom. The Labute approximate surface area is 163 Å². The van der Waals surface area contributed by atoms with Crippen LogP contribution < -0.4 is 9.47 Å². The fourth-order valence-electron chi connectivity index (χ4n) is 2.93. The second-order valence-electron chi connectivity index (χ2n) is 6.17. The van der Waals surface area contributed by atoms with E-state index >= 15 is 0 Å². The lowest BCUT2D eigenvalue weighted by Gasteiger charge is -2.07. The molecule has 4 aromatic rings. The standard InChI is InChI=1S/C20H15F3N4O2/c1-28-17-5-12(4-14(21)7-17)18-10-24-15(9-25-18)11-27-19-3-2-16(29-20(22)23)6-13(19)8-26-27/h2-10,20H,11H2,1H3. The molecule has 0 aliphatic rings. The number of hydrogen-bond acceptors (Lipinski definition) is 5. The lowest BCUT2D eigenvalue weighted by Crippen LogP contribution is -2.04. The second kappa shape index (κ2) is 7.78. The fourth-order valence-corrected chi connectivity index (χ4v) is 2.93. The lowest BCUT2D eigenvalue weighted by molar-refractivity contribution is -0.0497. The Hall–Kier alpha value is -3.62. The van der Waals surface area contributed by atoms with Gasteiger partial charge in [-0.1, -0.05) is 0 Å². The van der Waals surface area contributed by atoms with E-state index in [2.05, 4.69) is 19.8 Å². The molecule has 0 bridgehead atoms. The van der Waals surface area contributed by atoms with Crippen LogP contribution in [0.15, 0.2) is 55.0 Å². The minimum absolute atomic E-state index is 0.0710. The molecule has 0 fully saturated rings. The molecule has 0 amide bonds. The Kier molecular flexibility index (Phi) is 5.03. The maximum Gasteiger partial charge on any atom is 0.387 e. The number of nitrogens with zero attached hydrogens (tertiary/aromatic N) is 4. The van der Waals surface area contributed by atoms with E-state index in [-0.39, 0.29) is 5.75 Å². The molecule has 148 valence electrons. The maximum absolute atomic E-state index is 13.7. The number of benzene rings is 2. The zero-order valence-electron chi connectivity index (χ0n) is 15.2. The van der Waals surface area contributed by atoms with Crippen molar-refractivity contribution in [1.82, 2.24) is 19.7 Å². The minimum atomic E-state index is -2.88. The number of rotatable bonds is 6. The van der Waals surface area contributed by atoms with Crippen LogP contribution in [0.2, 0.25) is 0 Å². The van der Waals surface area contributed by atoms with Crippen LogP contribution in [0.4, 0.5) is 13.2 Å². The molecule has 0 radical (unpaired) electrons. The van der Waals surface area contributed by atoms with Gasteiger partial charge in [0.05, 0.1) is 49.1 Å². The van der Waals surface area contributed by atoms with E-state index in [0.717, 1.165) is 5.52 Å². The Balaban J connectivity index is 1.55. The normalized spacial score (nSPS) is 11.2. The largest absolute Gasteiger partial charge is 0.497 e. The molecule has 29 heavy (non-hydrogen) atoms. The van der Waals surface area contributed by atoms with Crippen molar-refractivity contribution in [2.45, 2.75) is 13.2 Å². The van der Waals surface area contributed by atoms with E-state index < -0.39 is 12.4 Å². The van der Waals surface area contributed by atoms with Gasteiger partial charge in [0.1, 0.15) is 17.3 Å². The van der Waals surface area contributed by atoms with Gasteiger partial charge in [0.15, 0.2) is 0 Å². The van der Waals surface area contributed by atoms with Crippen LogP contribution in [0.3, 0.4) is 0 Å². The first kappa shape index (κ1) is 18.7. The third kappa shape index (κ3) is 4.13. The molecule has 0 N–H and O–H groups in total. The van der Waals surface area contributed by atoms with Crippen molar-refractivity contribution in [1.29, 1.82) is 0 Å². The van der Waals surface area contributed by atoms with Crippen LogP contribution in [0.5, 0.6) is 11.5 Å². The molecule has 0 saturated carbocycles. The topological polar surface area (TPSA) is 62.1 Å². The summed E-state index contributed by atoms with van der Waals surface area (Å²) in [7, 11) is 1.46. The van der Waals surface area contributed by atoms with Gasteiger partial charge < -0.3 is 9.47 Å². The van der Waals surface area contributed by atoms with E-state index in [9.17, 15) is 13.2 Å². The molecular weight excluding hydrogens is 385 g/mol. The molecule has 0 aliphatic carbocycles. The van der Waals surface area contributed by atoms with Crippen LogP contribution in [-0.2, 0) is 6.54 Å². The Morgan fingerprint density at radius 1 is 1.00 bits per heavy atom. The molecule has 2 aromatic heterocycles. The summed E-state index contributed by atoms with van der Waals surface area (Å²) in [6.45, 7) is -2.55. The zero-order valence-corrected chi connectivity index (χ0v) is 15.2. The summed E-state index contributed by atoms with van der Waals surface area (Å²) in [5, 5.41) is 4.93. The van der Waals surface area contributed by atoms with Gasteiger partial charge in [0.2, 0.25) is 0 Å². The molecule has 4 rings (SSSR count). The molecule has 6 nitrogen and oxygen atoms in total. The zero-order chi connectivity index (χ0) is 20.4. The molecule has 9 heteroatoms. The van der Waals surface area contributed by atoms with E-state index in [1.807, 2.05) is 0 Å². The molecule has 0 saturated heterocycles. The van der Waals surface area contributed by atoms with Crippen molar-refractivity contribution in [3.05, 3.63) is 66.5 Å². The van der Waals surface area contributed by atoms with Crippen molar-refractivity contribution in [2.75, 3.05) is 7.11 Å². The van der Waals surface area contributed by atoms with Crippen molar-refractivity contribution in [3.63, 3.8) is 0 Å². The highest BCUT2D eigenvalue weighted by molar-refractivity contribution is 5.80. The monoisotopic (exact) mass is 400 g/mol. The third-order valence-corrected chi connectivity index (χ3v) is 4.26. The van der Waals surface area contributed by atoms with Gasteiger partial charge in [-0.25, -0.2) is 4.39 Å². The van der Waals surface area contributed by atoms with E-state index in [1.54, 1.807) is 35.4 Å². The van der Waals surface area contributed by atoms with Crippen molar-refractivity contribution >= 4 is 10.9 Å². The van der Waals surface area contributed by atoms with Crippen LogP contribution >= 0.6 is 0 Å². The number of fused-ring (bicyclic) bond motifs is 1. The summed E-state index contributed by atoms with van der Waals surface area (Å²) < 4.78 is 49.5. The van der Waals surface area contributed by atoms with E-state index in [0.29, 0.717) is 34.6 Å². The number of ether oxygens (including phenoxy) is 2. The van der Waals surface area contributed by atoms with Crippen LogP contribution in [0.25, 0.3) is 22.2 Å². The summed E-state index contributed by atoms with van der Waals surface area (Å²) >= 11 is 0. The average Bonchev–Trinajstić information content (AvgIpc) is 3.09. The first-order valence-corrected chi connectivity index (χ1v) is 8.58. The van der Waals surface area contributed by atoms with E-state index in [1.165, 1.54) is 31.4 Å². The van der Waals surface area contributed by atoms with Gasteiger partial charge in [-0.2, -0.15) is 13.9 Å². The molecule has 0 spiro atoms. The maximum atomic E-state index is 13.7. The molecular formula is C20H15F3N4O2. The summed E-state index contributed by atoms with van der Waals surface area (Å²) in [6, 6.07) is 8.92. The summed E-state index contributed by atoms with van der Waals surface area (Å²) in [4.78, 5) is 8.71. The second-order valence-corrected chi connectivity index (χ2v) is 6.17. The van der Waals surface area contributed by atoms with Gasteiger partial charge in [-0.15, -0.1) is 0 Å². The van der Waals surface area contributed by atoms with Gasteiger partial charge in [0, 0.05) is 17.0 Å². The summed E-state index contributed by atoms with van der Waals surface area (Å²) in [5.41, 5.74) is 2.44. The van der Waals surface area contributed by atoms with Gasteiger partial charge in [-0.3, -0.25) is 14.6 Å². The highest BCUT2D eigenvalue weighted by Crippen LogP contribution is 2.25. The Bertz CT molecular complexity index is 1150. The highest BCUT2D eigenvalue weighted by atomic mass is 19.3. The van der Waals surface area contributed by atoms with Crippen LogP contribution in [0, 0.1) is 5.82 Å². The van der Waals surface area contributed by atoms with Gasteiger partial charge >= 0.3 is 6.61 Å². The van der Waals surface area contributed by atoms with Gasteiger partial charge in [0.25, 0.3) is 0 Å². The summed E-state index contributed by atoms with van der Waals surface area (Å²) in [5.74, 6) is 0.0363. The number of halogens is 3. The van der Waals surface area contributed by atoms with E-state index in [4.69, 9.17) is 4.74 Å². The quantitative estimate of drug-likeness (QED) is 0.483. The smallest absolute Gasteiger partial charge is 0.387 e. The first-order valence-electron chi connectivity index (χ1n) is 8.58. The SMILES string of the molecule is COc1cc(F)cc(-c2cnc(Cn3ncc4cc(OC(F)F)ccc43)cn2)c1. The predicted octanol–water partition coefficient (Wildman–Crippen LogP) is 4.29. The van der Waals surface area contributed by atoms with Crippen molar-refractivity contribution in [2.24, 2.45) is 0 Å². The van der Waals surface area contributed by atoms with Crippen molar-refractivity contribution < 1.29 is 22.6 Å². The minimum Gasteiger partial charge on any atom is -0.497 e. The van der Waals surface area contributed by atoms with Crippen LogP contribution in [0.1, 0.15) is 5.69 Å². The van der Waals surface area contributed by atoms with Crippen LogP contribution in [-0.4, -0.2) is 33.5 Å². The molecule has 0 atom stereocenters. The van der Waals surface area contributed by atoms with Crippen molar-refractivity contribution in [3.8, 4) is 22.8 Å². The molecule has 2 aromatic carbocycles. The Morgan fingerprint density at radius 3 is 2.59 bits per heavy atom. The molecule has 2 heterocycles. The lowest BCUT2D eigenvalue weighted by atomic mass is 10.1. The average molecular weight is 400 g/mol. The van der Waals surface area contributed by atoms with Gasteiger partial charge in [-0.05, 0) is 30.3 Å². The number of methoxy groups -OCH3 is 1. The number of hydrogen-bond donors (Lipinski definition) is 0. The first-order chi connectivity index (χ1) is 14.0.